The van der Waals surface area contributed by atoms with Gasteiger partial charge in [0.25, 0.3) is 0 Å². The minimum atomic E-state index is 0.693. The van der Waals surface area contributed by atoms with Gasteiger partial charge < -0.3 is 4.42 Å². The van der Waals surface area contributed by atoms with Gasteiger partial charge in [0.2, 0.25) is 5.89 Å². The summed E-state index contributed by atoms with van der Waals surface area (Å²) in [5, 5.41) is 0. The van der Waals surface area contributed by atoms with Crippen LogP contribution in [-0.2, 0) is 0 Å². The van der Waals surface area contributed by atoms with E-state index in [4.69, 9.17) is 4.42 Å². The van der Waals surface area contributed by atoms with Crippen LogP contribution in [0.4, 0.5) is 0 Å². The molecule has 0 spiro atoms. The number of oxazole rings is 1. The van der Waals surface area contributed by atoms with Gasteiger partial charge in [-0.15, -0.1) is 0 Å². The van der Waals surface area contributed by atoms with Crippen molar-refractivity contribution in [2.75, 3.05) is 0 Å². The molecule has 0 radical (unpaired) electrons. The molecule has 0 N–H and O–H groups in total. The maximum Gasteiger partial charge on any atom is 0.227 e. The Hall–Kier alpha value is -2.09. The molecule has 1 heterocycles. The highest BCUT2D eigenvalue weighted by Gasteiger charge is 2.08. The molecule has 18 heavy (non-hydrogen) atoms. The monoisotopic (exact) mass is 237 g/mol. The molecule has 0 bridgehead atoms. The Morgan fingerprint density at radius 1 is 0.889 bits per heavy atom. The van der Waals surface area contributed by atoms with Gasteiger partial charge in [-0.1, -0.05) is 12.1 Å². The average molecular weight is 237 g/mol. The van der Waals surface area contributed by atoms with Crippen LogP contribution < -0.4 is 0 Å². The first-order valence-corrected chi connectivity index (χ1v) is 6.08. The number of hydrogen-bond donors (Lipinski definition) is 0. The first-order valence-electron chi connectivity index (χ1n) is 6.08. The molecule has 90 valence electrons. The minimum absolute atomic E-state index is 0.693. The standard InChI is InChI=1S/C16H15NO/c1-10-4-7-14-15(8-10)18-16(17-14)13-6-5-11(2)12(3)9-13/h4-9H,1-3H3. The van der Waals surface area contributed by atoms with Gasteiger partial charge in [0, 0.05) is 5.56 Å². The third kappa shape index (κ3) is 1.80. The first kappa shape index (κ1) is 11.0. The summed E-state index contributed by atoms with van der Waals surface area (Å²) < 4.78 is 5.82. The van der Waals surface area contributed by atoms with E-state index in [1.54, 1.807) is 0 Å². The summed E-state index contributed by atoms with van der Waals surface area (Å²) in [7, 11) is 0. The van der Waals surface area contributed by atoms with Crippen molar-refractivity contribution < 1.29 is 4.42 Å². The molecule has 2 aromatic carbocycles. The lowest BCUT2D eigenvalue weighted by Gasteiger charge is -2.01. The fourth-order valence-corrected chi connectivity index (χ4v) is 2.03. The zero-order valence-corrected chi connectivity index (χ0v) is 10.8. The Morgan fingerprint density at radius 2 is 1.72 bits per heavy atom. The van der Waals surface area contributed by atoms with Gasteiger partial charge in [-0.25, -0.2) is 4.98 Å². The van der Waals surface area contributed by atoms with E-state index < -0.39 is 0 Å². The molecule has 0 amide bonds. The Bertz CT molecular complexity index is 725. The molecule has 0 atom stereocenters. The molecule has 0 saturated carbocycles. The Balaban J connectivity index is 2.16. The van der Waals surface area contributed by atoms with E-state index in [0.29, 0.717) is 5.89 Å². The molecule has 0 aliphatic heterocycles. The average Bonchev–Trinajstić information content (AvgIpc) is 2.75. The van der Waals surface area contributed by atoms with Crippen molar-refractivity contribution in [3.63, 3.8) is 0 Å². The van der Waals surface area contributed by atoms with Gasteiger partial charge >= 0.3 is 0 Å². The maximum atomic E-state index is 5.82. The normalized spacial score (nSPS) is 11.1. The molecule has 0 saturated heterocycles. The Labute approximate surface area is 106 Å². The number of aromatic nitrogens is 1. The number of fused-ring (bicyclic) bond motifs is 1. The second-order valence-corrected chi connectivity index (χ2v) is 4.79. The Kier molecular flexibility index (Phi) is 2.44. The summed E-state index contributed by atoms with van der Waals surface area (Å²) in [5.74, 6) is 0.693. The van der Waals surface area contributed by atoms with E-state index in [1.165, 1.54) is 16.7 Å². The quantitative estimate of drug-likeness (QED) is 0.626. The second kappa shape index (κ2) is 3.98. The summed E-state index contributed by atoms with van der Waals surface area (Å²) in [5.41, 5.74) is 6.52. The fourth-order valence-electron chi connectivity index (χ4n) is 2.03. The van der Waals surface area contributed by atoms with Crippen LogP contribution in [0.3, 0.4) is 0 Å². The number of aryl methyl sites for hydroxylation is 3. The van der Waals surface area contributed by atoms with Crippen molar-refractivity contribution in [2.24, 2.45) is 0 Å². The maximum absolute atomic E-state index is 5.82. The molecule has 1 aromatic heterocycles. The lowest BCUT2D eigenvalue weighted by Crippen LogP contribution is -1.83. The van der Waals surface area contributed by atoms with Crippen LogP contribution in [0.15, 0.2) is 40.8 Å². The van der Waals surface area contributed by atoms with Crippen LogP contribution in [0.1, 0.15) is 16.7 Å². The Morgan fingerprint density at radius 3 is 2.50 bits per heavy atom. The SMILES string of the molecule is Cc1ccc2nc(-c3ccc(C)c(C)c3)oc2c1. The zero-order valence-electron chi connectivity index (χ0n) is 10.8. The number of nitrogens with zero attached hydrogens (tertiary/aromatic N) is 1. The van der Waals surface area contributed by atoms with E-state index in [-0.39, 0.29) is 0 Å². The van der Waals surface area contributed by atoms with Crippen molar-refractivity contribution in [1.82, 2.24) is 4.98 Å². The van der Waals surface area contributed by atoms with Crippen molar-refractivity contribution in [3.05, 3.63) is 53.1 Å². The van der Waals surface area contributed by atoms with Gasteiger partial charge in [0.05, 0.1) is 0 Å². The highest BCUT2D eigenvalue weighted by atomic mass is 16.3. The molecular weight excluding hydrogens is 222 g/mol. The molecule has 0 unspecified atom stereocenters. The smallest absolute Gasteiger partial charge is 0.227 e. The van der Waals surface area contributed by atoms with E-state index in [0.717, 1.165) is 16.7 Å². The van der Waals surface area contributed by atoms with Gasteiger partial charge in [-0.05, 0) is 61.7 Å². The predicted octanol–water partition coefficient (Wildman–Crippen LogP) is 4.42. The van der Waals surface area contributed by atoms with Crippen molar-refractivity contribution >= 4 is 11.1 Å². The molecule has 3 rings (SSSR count). The van der Waals surface area contributed by atoms with E-state index in [9.17, 15) is 0 Å². The van der Waals surface area contributed by atoms with Crippen LogP contribution in [-0.4, -0.2) is 4.98 Å². The van der Waals surface area contributed by atoms with Gasteiger partial charge in [0.15, 0.2) is 5.58 Å². The van der Waals surface area contributed by atoms with E-state index >= 15 is 0 Å². The number of benzene rings is 2. The minimum Gasteiger partial charge on any atom is -0.436 e. The summed E-state index contributed by atoms with van der Waals surface area (Å²) in [6.07, 6.45) is 0. The summed E-state index contributed by atoms with van der Waals surface area (Å²) in [6.45, 7) is 6.26. The van der Waals surface area contributed by atoms with Crippen LogP contribution >= 0.6 is 0 Å². The van der Waals surface area contributed by atoms with E-state index in [1.807, 2.05) is 12.1 Å². The topological polar surface area (TPSA) is 26.0 Å². The summed E-state index contributed by atoms with van der Waals surface area (Å²) >= 11 is 0. The summed E-state index contributed by atoms with van der Waals surface area (Å²) in [6, 6.07) is 12.3. The third-order valence-electron chi connectivity index (χ3n) is 3.30. The lowest BCUT2D eigenvalue weighted by molar-refractivity contribution is 0.619. The van der Waals surface area contributed by atoms with Crippen LogP contribution in [0, 0.1) is 20.8 Å². The summed E-state index contributed by atoms with van der Waals surface area (Å²) in [4.78, 5) is 4.53. The molecule has 0 aliphatic rings. The van der Waals surface area contributed by atoms with E-state index in [2.05, 4.69) is 50.0 Å². The number of rotatable bonds is 1. The molecule has 0 aliphatic carbocycles. The first-order chi connectivity index (χ1) is 8.63. The molecule has 3 aromatic rings. The third-order valence-corrected chi connectivity index (χ3v) is 3.30. The van der Waals surface area contributed by atoms with Gasteiger partial charge in [0.1, 0.15) is 5.52 Å². The molecular formula is C16H15NO. The molecule has 0 fully saturated rings. The van der Waals surface area contributed by atoms with Crippen LogP contribution in [0.2, 0.25) is 0 Å². The second-order valence-electron chi connectivity index (χ2n) is 4.79. The zero-order chi connectivity index (χ0) is 12.7. The molecule has 2 nitrogen and oxygen atoms in total. The van der Waals surface area contributed by atoms with Gasteiger partial charge in [-0.3, -0.25) is 0 Å². The highest BCUT2D eigenvalue weighted by Crippen LogP contribution is 2.26. The van der Waals surface area contributed by atoms with Crippen LogP contribution in [0.5, 0.6) is 0 Å². The van der Waals surface area contributed by atoms with Crippen molar-refractivity contribution in [2.45, 2.75) is 20.8 Å². The number of hydrogen-bond acceptors (Lipinski definition) is 2. The fraction of sp³-hybridized carbons (Fsp3) is 0.188. The molecule has 2 heteroatoms. The largest absolute Gasteiger partial charge is 0.436 e. The van der Waals surface area contributed by atoms with Crippen molar-refractivity contribution in [3.8, 4) is 11.5 Å². The van der Waals surface area contributed by atoms with Crippen LogP contribution in [0.25, 0.3) is 22.6 Å². The predicted molar refractivity (Wildman–Crippen MR) is 73.7 cm³/mol. The van der Waals surface area contributed by atoms with Crippen molar-refractivity contribution in [1.29, 1.82) is 0 Å². The highest BCUT2D eigenvalue weighted by molar-refractivity contribution is 5.77. The lowest BCUT2D eigenvalue weighted by atomic mass is 10.1. The van der Waals surface area contributed by atoms with Gasteiger partial charge in [-0.2, -0.15) is 0 Å².